The van der Waals surface area contributed by atoms with Crippen molar-refractivity contribution in [1.29, 1.82) is 0 Å². The number of nitrogens with one attached hydrogen (secondary N) is 2. The maximum atomic E-state index is 4.33. The molecule has 0 amide bonds. The Bertz CT molecular complexity index is 458. The van der Waals surface area contributed by atoms with Gasteiger partial charge in [-0.15, -0.1) is 35.3 Å². The van der Waals surface area contributed by atoms with E-state index in [1.165, 1.54) is 43.8 Å². The molecule has 0 saturated carbocycles. The zero-order chi connectivity index (χ0) is 15.1. The van der Waals surface area contributed by atoms with Crippen LogP contribution in [0.15, 0.2) is 20.9 Å². The van der Waals surface area contributed by atoms with E-state index in [4.69, 9.17) is 0 Å². The molecule has 1 aliphatic heterocycles. The summed E-state index contributed by atoms with van der Waals surface area (Å²) in [6, 6.07) is 2.69. The van der Waals surface area contributed by atoms with Crippen molar-refractivity contribution >= 4 is 57.2 Å². The fourth-order valence-electron chi connectivity index (χ4n) is 2.62. The van der Waals surface area contributed by atoms with Gasteiger partial charge in [-0.2, -0.15) is 0 Å². The van der Waals surface area contributed by atoms with E-state index < -0.39 is 0 Å². The summed E-state index contributed by atoms with van der Waals surface area (Å²) in [6.45, 7) is 6.69. The Morgan fingerprint density at radius 2 is 2.18 bits per heavy atom. The number of aliphatic imine (C=N–C) groups is 1. The average Bonchev–Trinajstić information content (AvgIpc) is 2.91. The van der Waals surface area contributed by atoms with Gasteiger partial charge in [-0.05, 0) is 47.8 Å². The minimum absolute atomic E-state index is 0. The standard InChI is InChI=1S/C15H25BrN4S.HI/c1-3-6-20-7-4-13(5-8-20)19-15(17-2)18-10-14-9-12(16)11-21-14;/h9,11,13H,3-8,10H2,1-2H3,(H2,17,18,19);1H. The molecular weight excluding hydrogens is 475 g/mol. The molecular formula is C15H26BrIN4S. The summed E-state index contributed by atoms with van der Waals surface area (Å²) in [6.07, 6.45) is 3.65. The van der Waals surface area contributed by atoms with E-state index in [9.17, 15) is 0 Å². The molecule has 7 heteroatoms. The number of guanidine groups is 1. The molecule has 0 atom stereocenters. The molecule has 0 aliphatic carbocycles. The zero-order valence-electron chi connectivity index (χ0n) is 13.3. The third-order valence-corrected chi connectivity index (χ3v) is 5.44. The van der Waals surface area contributed by atoms with E-state index >= 15 is 0 Å². The van der Waals surface area contributed by atoms with Crippen molar-refractivity contribution in [3.8, 4) is 0 Å². The summed E-state index contributed by atoms with van der Waals surface area (Å²) in [5.74, 6) is 0.911. The van der Waals surface area contributed by atoms with Crippen molar-refractivity contribution in [2.45, 2.75) is 38.8 Å². The second-order valence-corrected chi connectivity index (χ2v) is 7.33. The SMILES string of the molecule is CCCN1CCC(NC(=NC)NCc2cc(Br)cs2)CC1.I. The number of rotatable bonds is 5. The highest BCUT2D eigenvalue weighted by atomic mass is 127. The lowest BCUT2D eigenvalue weighted by molar-refractivity contribution is 0.206. The number of halogens is 2. The topological polar surface area (TPSA) is 39.7 Å². The van der Waals surface area contributed by atoms with Crippen LogP contribution in [0.1, 0.15) is 31.1 Å². The van der Waals surface area contributed by atoms with Crippen molar-refractivity contribution < 1.29 is 0 Å². The lowest BCUT2D eigenvalue weighted by Gasteiger charge is -2.32. The van der Waals surface area contributed by atoms with Crippen molar-refractivity contribution in [3.05, 3.63) is 20.8 Å². The van der Waals surface area contributed by atoms with E-state index in [-0.39, 0.29) is 24.0 Å². The number of likely N-dealkylation sites (tertiary alicyclic amines) is 1. The Labute approximate surface area is 163 Å². The number of thiophene rings is 1. The van der Waals surface area contributed by atoms with Crippen molar-refractivity contribution in [2.24, 2.45) is 4.99 Å². The second-order valence-electron chi connectivity index (χ2n) is 5.42. The summed E-state index contributed by atoms with van der Waals surface area (Å²) >= 11 is 5.24. The first-order chi connectivity index (χ1) is 10.2. The van der Waals surface area contributed by atoms with Gasteiger partial charge in [-0.25, -0.2) is 0 Å². The first-order valence-electron chi connectivity index (χ1n) is 7.63. The average molecular weight is 501 g/mol. The van der Waals surface area contributed by atoms with Gasteiger partial charge in [0.15, 0.2) is 5.96 Å². The highest BCUT2D eigenvalue weighted by molar-refractivity contribution is 14.0. The minimum atomic E-state index is 0. The maximum absolute atomic E-state index is 4.33. The summed E-state index contributed by atoms with van der Waals surface area (Å²) in [5, 5.41) is 9.06. The van der Waals surface area contributed by atoms with Gasteiger partial charge in [0.25, 0.3) is 0 Å². The highest BCUT2D eigenvalue weighted by Crippen LogP contribution is 2.19. The van der Waals surface area contributed by atoms with Crippen molar-refractivity contribution in [3.63, 3.8) is 0 Å². The third-order valence-electron chi connectivity index (χ3n) is 3.74. The molecule has 0 radical (unpaired) electrons. The fourth-order valence-corrected chi connectivity index (χ4v) is 4.01. The van der Waals surface area contributed by atoms with Crippen LogP contribution in [0.2, 0.25) is 0 Å². The van der Waals surface area contributed by atoms with Crippen LogP contribution in [0.4, 0.5) is 0 Å². The number of hydrogen-bond acceptors (Lipinski definition) is 3. The summed E-state index contributed by atoms with van der Waals surface area (Å²) < 4.78 is 1.15. The van der Waals surface area contributed by atoms with Gasteiger partial charge < -0.3 is 15.5 Å². The molecule has 4 nitrogen and oxygen atoms in total. The molecule has 0 unspecified atom stereocenters. The van der Waals surface area contributed by atoms with E-state index in [1.807, 2.05) is 7.05 Å². The lowest BCUT2D eigenvalue weighted by atomic mass is 10.1. The monoisotopic (exact) mass is 500 g/mol. The number of hydrogen-bond donors (Lipinski definition) is 2. The number of piperidine rings is 1. The van der Waals surface area contributed by atoms with Gasteiger partial charge >= 0.3 is 0 Å². The molecule has 126 valence electrons. The predicted octanol–water partition coefficient (Wildman–Crippen LogP) is 3.67. The second kappa shape index (κ2) is 10.8. The summed E-state index contributed by atoms with van der Waals surface area (Å²) in [5.41, 5.74) is 0. The van der Waals surface area contributed by atoms with E-state index in [0.717, 1.165) is 17.0 Å². The highest BCUT2D eigenvalue weighted by Gasteiger charge is 2.19. The molecule has 2 heterocycles. The first-order valence-corrected chi connectivity index (χ1v) is 9.31. The van der Waals surface area contributed by atoms with Gasteiger partial charge in [0.2, 0.25) is 0 Å². The Morgan fingerprint density at radius 3 is 2.73 bits per heavy atom. The van der Waals surface area contributed by atoms with Gasteiger partial charge in [0.1, 0.15) is 0 Å². The zero-order valence-corrected chi connectivity index (χ0v) is 18.0. The van der Waals surface area contributed by atoms with Crippen LogP contribution in [0.25, 0.3) is 0 Å². The van der Waals surface area contributed by atoms with Crippen molar-refractivity contribution in [2.75, 3.05) is 26.7 Å². The Kier molecular flexibility index (Phi) is 9.94. The van der Waals surface area contributed by atoms with Crippen LogP contribution in [0.3, 0.4) is 0 Å². The molecule has 1 fully saturated rings. The lowest BCUT2D eigenvalue weighted by Crippen LogP contribution is -2.48. The maximum Gasteiger partial charge on any atom is 0.191 e. The minimum Gasteiger partial charge on any atom is -0.354 e. The summed E-state index contributed by atoms with van der Waals surface area (Å²) in [7, 11) is 1.84. The van der Waals surface area contributed by atoms with E-state index in [0.29, 0.717) is 6.04 Å². The Hall–Kier alpha value is 0.140. The quantitative estimate of drug-likeness (QED) is 0.368. The molecule has 0 spiro atoms. The van der Waals surface area contributed by atoms with Crippen molar-refractivity contribution in [1.82, 2.24) is 15.5 Å². The molecule has 1 aromatic heterocycles. The van der Waals surface area contributed by atoms with Gasteiger partial charge in [0.05, 0.1) is 6.54 Å². The van der Waals surface area contributed by atoms with E-state index in [2.05, 4.69) is 54.8 Å². The van der Waals surface area contributed by atoms with Crippen LogP contribution in [-0.4, -0.2) is 43.6 Å². The molecule has 2 N–H and O–H groups in total. The molecule has 0 aromatic carbocycles. The largest absolute Gasteiger partial charge is 0.354 e. The first kappa shape index (κ1) is 20.2. The van der Waals surface area contributed by atoms with Gasteiger partial charge in [-0.1, -0.05) is 6.92 Å². The van der Waals surface area contributed by atoms with Crippen LogP contribution in [0.5, 0.6) is 0 Å². The molecule has 1 aliphatic rings. The van der Waals surface area contributed by atoms with Crippen LogP contribution < -0.4 is 10.6 Å². The van der Waals surface area contributed by atoms with Crippen LogP contribution in [0, 0.1) is 0 Å². The van der Waals surface area contributed by atoms with Gasteiger partial charge in [0, 0.05) is 40.9 Å². The molecule has 1 aromatic rings. The van der Waals surface area contributed by atoms with Crippen LogP contribution in [-0.2, 0) is 6.54 Å². The summed E-state index contributed by atoms with van der Waals surface area (Å²) in [4.78, 5) is 8.19. The Morgan fingerprint density at radius 1 is 1.45 bits per heavy atom. The normalized spacial score (nSPS) is 17.1. The molecule has 2 rings (SSSR count). The van der Waals surface area contributed by atoms with Crippen LogP contribution >= 0.6 is 51.2 Å². The smallest absolute Gasteiger partial charge is 0.191 e. The fraction of sp³-hybridized carbons (Fsp3) is 0.667. The van der Waals surface area contributed by atoms with Gasteiger partial charge in [-0.3, -0.25) is 4.99 Å². The molecule has 0 bridgehead atoms. The molecule has 1 saturated heterocycles. The Balaban J connectivity index is 0.00000242. The predicted molar refractivity (Wildman–Crippen MR) is 111 cm³/mol. The number of nitrogens with zero attached hydrogens (tertiary/aromatic N) is 2. The third kappa shape index (κ3) is 6.72. The molecule has 22 heavy (non-hydrogen) atoms. The van der Waals surface area contributed by atoms with E-state index in [1.54, 1.807) is 11.3 Å².